The summed E-state index contributed by atoms with van der Waals surface area (Å²) in [5.41, 5.74) is -0.131. The van der Waals surface area contributed by atoms with Gasteiger partial charge in [-0.05, 0) is 27.2 Å². The summed E-state index contributed by atoms with van der Waals surface area (Å²) in [5, 5.41) is 0. The van der Waals surface area contributed by atoms with Gasteiger partial charge < -0.3 is 4.74 Å². The number of hydrogen-bond donors (Lipinski definition) is 0. The minimum atomic E-state index is -0.131. The van der Waals surface area contributed by atoms with E-state index in [0.717, 1.165) is 6.42 Å². The van der Waals surface area contributed by atoms with Crippen LogP contribution in [-0.4, -0.2) is 11.7 Å². The Kier molecular flexibility index (Phi) is 3.66. The third-order valence-electron chi connectivity index (χ3n) is 1.64. The smallest absolute Gasteiger partial charge is 0.0832 e. The summed E-state index contributed by atoms with van der Waals surface area (Å²) in [6.45, 7) is 12.0. The lowest BCUT2D eigenvalue weighted by atomic mass is 10.0. The highest BCUT2D eigenvalue weighted by atomic mass is 16.5. The van der Waals surface area contributed by atoms with E-state index in [0.29, 0.717) is 0 Å². The Morgan fingerprint density at radius 2 is 2.10 bits per heavy atom. The van der Waals surface area contributed by atoms with Gasteiger partial charge in [-0.25, -0.2) is 0 Å². The molecule has 0 heterocycles. The second-order valence-corrected chi connectivity index (χ2v) is 3.04. The monoisotopic (exact) mass is 142 g/mol. The quantitative estimate of drug-likeness (QED) is 0.548. The van der Waals surface area contributed by atoms with Crippen LogP contribution in [0.4, 0.5) is 0 Å². The van der Waals surface area contributed by atoms with Crippen LogP contribution >= 0.6 is 0 Å². The van der Waals surface area contributed by atoms with Gasteiger partial charge in [-0.2, -0.15) is 0 Å². The fourth-order valence-electron chi connectivity index (χ4n) is 0.814. The first-order chi connectivity index (χ1) is 4.54. The van der Waals surface area contributed by atoms with Crippen molar-refractivity contribution in [1.82, 2.24) is 0 Å². The number of rotatable bonds is 4. The lowest BCUT2D eigenvalue weighted by molar-refractivity contribution is -0.0368. The summed E-state index contributed by atoms with van der Waals surface area (Å²) in [5.74, 6) is 0. The van der Waals surface area contributed by atoms with Crippen molar-refractivity contribution >= 4 is 0 Å². The van der Waals surface area contributed by atoms with Gasteiger partial charge >= 0.3 is 0 Å². The Morgan fingerprint density at radius 3 is 2.20 bits per heavy atom. The molecule has 0 bridgehead atoms. The van der Waals surface area contributed by atoms with E-state index in [2.05, 4.69) is 20.4 Å². The molecule has 0 fully saturated rings. The maximum absolute atomic E-state index is 5.62. The molecule has 1 unspecified atom stereocenters. The van der Waals surface area contributed by atoms with Crippen LogP contribution in [0.25, 0.3) is 0 Å². The third kappa shape index (κ3) is 3.02. The van der Waals surface area contributed by atoms with E-state index in [9.17, 15) is 0 Å². The van der Waals surface area contributed by atoms with Crippen molar-refractivity contribution in [3.63, 3.8) is 0 Å². The molecule has 1 heteroatoms. The molecule has 1 atom stereocenters. The van der Waals surface area contributed by atoms with Crippen molar-refractivity contribution in [2.75, 3.05) is 0 Å². The lowest BCUT2D eigenvalue weighted by Crippen LogP contribution is -2.28. The van der Waals surface area contributed by atoms with E-state index in [1.165, 1.54) is 0 Å². The van der Waals surface area contributed by atoms with E-state index < -0.39 is 0 Å². The zero-order valence-electron chi connectivity index (χ0n) is 7.48. The van der Waals surface area contributed by atoms with Crippen LogP contribution in [0.2, 0.25) is 0 Å². The molecule has 0 rings (SSSR count). The molecule has 10 heavy (non-hydrogen) atoms. The van der Waals surface area contributed by atoms with Crippen molar-refractivity contribution < 1.29 is 4.74 Å². The van der Waals surface area contributed by atoms with Crippen LogP contribution < -0.4 is 0 Å². The Hall–Kier alpha value is -0.300. The van der Waals surface area contributed by atoms with Crippen LogP contribution in [-0.2, 0) is 4.74 Å². The van der Waals surface area contributed by atoms with Crippen LogP contribution in [0.15, 0.2) is 12.7 Å². The van der Waals surface area contributed by atoms with Crippen molar-refractivity contribution in [2.45, 2.75) is 45.8 Å². The van der Waals surface area contributed by atoms with Crippen LogP contribution in [0.1, 0.15) is 34.1 Å². The second-order valence-electron chi connectivity index (χ2n) is 3.04. The first-order valence-corrected chi connectivity index (χ1v) is 3.85. The highest BCUT2D eigenvalue weighted by Gasteiger charge is 2.18. The molecule has 0 N–H and O–H groups in total. The Bertz CT molecular complexity index is 107. The Morgan fingerprint density at radius 1 is 1.60 bits per heavy atom. The van der Waals surface area contributed by atoms with Crippen molar-refractivity contribution in [1.29, 1.82) is 0 Å². The lowest BCUT2D eigenvalue weighted by Gasteiger charge is -2.27. The van der Waals surface area contributed by atoms with E-state index in [1.54, 1.807) is 0 Å². The van der Waals surface area contributed by atoms with E-state index in [1.807, 2.05) is 19.9 Å². The molecule has 1 nitrogen and oxygen atoms in total. The van der Waals surface area contributed by atoms with Crippen molar-refractivity contribution in [3.05, 3.63) is 12.7 Å². The van der Waals surface area contributed by atoms with E-state index >= 15 is 0 Å². The first kappa shape index (κ1) is 9.70. The first-order valence-electron chi connectivity index (χ1n) is 3.85. The molecule has 0 radical (unpaired) electrons. The molecule has 0 aliphatic rings. The maximum atomic E-state index is 5.62. The minimum Gasteiger partial charge on any atom is -0.369 e. The summed E-state index contributed by atoms with van der Waals surface area (Å²) in [6.07, 6.45) is 3.13. The zero-order valence-corrected chi connectivity index (χ0v) is 7.48. The summed E-state index contributed by atoms with van der Waals surface area (Å²) in [6, 6.07) is 0. The predicted molar refractivity (Wildman–Crippen MR) is 45.1 cm³/mol. The molecule has 0 amide bonds. The summed E-state index contributed by atoms with van der Waals surface area (Å²) < 4.78 is 5.62. The molecule has 0 aliphatic heterocycles. The topological polar surface area (TPSA) is 9.23 Å². The summed E-state index contributed by atoms with van der Waals surface area (Å²) >= 11 is 0. The molecule has 0 saturated heterocycles. The SMILES string of the molecule is C=CC(C)(CC)OC(C)C. The Balaban J connectivity index is 3.92. The second kappa shape index (κ2) is 3.77. The molecular formula is C9H18O. The zero-order chi connectivity index (χ0) is 8.20. The van der Waals surface area contributed by atoms with Gasteiger partial charge in [0.1, 0.15) is 0 Å². The number of ether oxygens (including phenoxy) is 1. The molecule has 0 saturated carbocycles. The van der Waals surface area contributed by atoms with E-state index in [-0.39, 0.29) is 11.7 Å². The Labute approximate surface area is 64.1 Å². The third-order valence-corrected chi connectivity index (χ3v) is 1.64. The predicted octanol–water partition coefficient (Wildman–Crippen LogP) is 2.77. The van der Waals surface area contributed by atoms with E-state index in [4.69, 9.17) is 4.74 Å². The van der Waals surface area contributed by atoms with Gasteiger partial charge in [-0.3, -0.25) is 0 Å². The molecular weight excluding hydrogens is 124 g/mol. The normalized spacial score (nSPS) is 16.9. The van der Waals surface area contributed by atoms with Crippen LogP contribution in [0.5, 0.6) is 0 Å². The summed E-state index contributed by atoms with van der Waals surface area (Å²) in [4.78, 5) is 0. The molecule has 0 aromatic carbocycles. The number of hydrogen-bond acceptors (Lipinski definition) is 1. The molecule has 0 aromatic rings. The van der Waals surface area contributed by atoms with Gasteiger partial charge in [0.25, 0.3) is 0 Å². The summed E-state index contributed by atoms with van der Waals surface area (Å²) in [7, 11) is 0. The average molecular weight is 142 g/mol. The maximum Gasteiger partial charge on any atom is 0.0832 e. The highest BCUT2D eigenvalue weighted by molar-refractivity contribution is 4.92. The molecule has 0 aromatic heterocycles. The highest BCUT2D eigenvalue weighted by Crippen LogP contribution is 2.17. The fourth-order valence-corrected chi connectivity index (χ4v) is 0.814. The largest absolute Gasteiger partial charge is 0.369 e. The van der Waals surface area contributed by atoms with Crippen LogP contribution in [0, 0.1) is 0 Å². The van der Waals surface area contributed by atoms with Gasteiger partial charge in [0.2, 0.25) is 0 Å². The molecule has 60 valence electrons. The average Bonchev–Trinajstić information content (AvgIpc) is 1.87. The van der Waals surface area contributed by atoms with Gasteiger partial charge in [-0.15, -0.1) is 6.58 Å². The molecule has 0 spiro atoms. The fraction of sp³-hybridized carbons (Fsp3) is 0.778. The van der Waals surface area contributed by atoms with Crippen LogP contribution in [0.3, 0.4) is 0 Å². The van der Waals surface area contributed by atoms with Gasteiger partial charge in [0.05, 0.1) is 11.7 Å². The van der Waals surface area contributed by atoms with Gasteiger partial charge in [-0.1, -0.05) is 13.0 Å². The van der Waals surface area contributed by atoms with Gasteiger partial charge in [0.15, 0.2) is 0 Å². The van der Waals surface area contributed by atoms with Crippen molar-refractivity contribution in [3.8, 4) is 0 Å². The minimum absolute atomic E-state index is 0.131. The van der Waals surface area contributed by atoms with Gasteiger partial charge in [0, 0.05) is 0 Å². The van der Waals surface area contributed by atoms with Crippen molar-refractivity contribution in [2.24, 2.45) is 0 Å². The molecule has 0 aliphatic carbocycles. The standard InChI is InChI=1S/C9H18O/c1-6-9(5,7-2)10-8(3)4/h6,8H,1,7H2,2-5H3.